The van der Waals surface area contributed by atoms with Crippen molar-refractivity contribution in [3.05, 3.63) is 78.0 Å². The highest BCUT2D eigenvalue weighted by molar-refractivity contribution is 6.12. The van der Waals surface area contributed by atoms with Crippen LogP contribution in [0.3, 0.4) is 0 Å². The Morgan fingerprint density at radius 1 is 1.00 bits per heavy atom. The summed E-state index contributed by atoms with van der Waals surface area (Å²) in [6.07, 6.45) is 0. The third-order valence-corrected chi connectivity index (χ3v) is 4.50. The molecule has 130 valence electrons. The molecule has 0 unspecified atom stereocenters. The Bertz CT molecular complexity index is 1080. The number of carbonyl (C=O) groups excluding carboxylic acids is 1. The number of aromatic amines is 1. The Morgan fingerprint density at radius 2 is 1.81 bits per heavy atom. The van der Waals surface area contributed by atoms with Crippen molar-refractivity contribution in [3.8, 4) is 0 Å². The summed E-state index contributed by atoms with van der Waals surface area (Å²) in [4.78, 5) is 16.0. The molecular weight excluding hydrogens is 324 g/mol. The molecule has 0 fully saturated rings. The third kappa shape index (κ3) is 3.07. The van der Waals surface area contributed by atoms with E-state index in [0.29, 0.717) is 18.9 Å². The van der Waals surface area contributed by atoms with Crippen LogP contribution >= 0.6 is 0 Å². The van der Waals surface area contributed by atoms with Gasteiger partial charge in [-0.2, -0.15) is 0 Å². The number of aromatic nitrogens is 1. The summed E-state index contributed by atoms with van der Waals surface area (Å²) < 4.78 is 5.48. The highest BCUT2D eigenvalue weighted by Gasteiger charge is 2.13. The predicted octanol–water partition coefficient (Wildman–Crippen LogP) is 5.11. The number of nitrogens with one attached hydrogen (secondary N) is 2. The SMILES string of the molecule is CCOCc1ccccc1NC(=O)c1cc2c(ccc3ccccc32)[nH]1. The highest BCUT2D eigenvalue weighted by Crippen LogP contribution is 2.26. The molecular formula is C22H20N2O2. The van der Waals surface area contributed by atoms with Gasteiger partial charge in [0.1, 0.15) is 5.69 Å². The lowest BCUT2D eigenvalue weighted by Crippen LogP contribution is -2.14. The van der Waals surface area contributed by atoms with Gasteiger partial charge in [0, 0.05) is 28.8 Å². The number of para-hydroxylation sites is 1. The first-order valence-corrected chi connectivity index (χ1v) is 8.73. The highest BCUT2D eigenvalue weighted by atomic mass is 16.5. The quantitative estimate of drug-likeness (QED) is 0.528. The van der Waals surface area contributed by atoms with E-state index in [0.717, 1.165) is 32.9 Å². The minimum Gasteiger partial charge on any atom is -0.377 e. The molecule has 0 aliphatic carbocycles. The number of carbonyl (C=O) groups is 1. The number of hydrogen-bond donors (Lipinski definition) is 2. The van der Waals surface area contributed by atoms with Crippen LogP contribution in [-0.4, -0.2) is 17.5 Å². The molecule has 4 heteroatoms. The molecule has 0 atom stereocenters. The van der Waals surface area contributed by atoms with Crippen LogP contribution in [0.1, 0.15) is 23.0 Å². The summed E-state index contributed by atoms with van der Waals surface area (Å²) in [6, 6.07) is 21.9. The second-order valence-corrected chi connectivity index (χ2v) is 6.18. The number of rotatable bonds is 5. The molecule has 3 aromatic carbocycles. The third-order valence-electron chi connectivity index (χ3n) is 4.50. The molecule has 4 rings (SSSR count). The van der Waals surface area contributed by atoms with Gasteiger partial charge in [0.05, 0.1) is 6.61 Å². The number of amides is 1. The van der Waals surface area contributed by atoms with Crippen molar-refractivity contribution >= 4 is 33.3 Å². The second kappa shape index (κ2) is 7.02. The minimum atomic E-state index is -0.158. The van der Waals surface area contributed by atoms with Crippen molar-refractivity contribution in [1.82, 2.24) is 4.98 Å². The molecule has 0 bridgehead atoms. The van der Waals surface area contributed by atoms with Gasteiger partial charge < -0.3 is 15.0 Å². The molecule has 0 saturated heterocycles. The average molecular weight is 344 g/mol. The lowest BCUT2D eigenvalue weighted by atomic mass is 10.1. The van der Waals surface area contributed by atoms with Crippen molar-refractivity contribution in [2.45, 2.75) is 13.5 Å². The molecule has 4 aromatic rings. The summed E-state index contributed by atoms with van der Waals surface area (Å²) in [7, 11) is 0. The van der Waals surface area contributed by atoms with Crippen molar-refractivity contribution in [2.75, 3.05) is 11.9 Å². The van der Waals surface area contributed by atoms with Crippen LogP contribution in [0.5, 0.6) is 0 Å². The summed E-state index contributed by atoms with van der Waals surface area (Å²) in [5, 5.41) is 6.34. The zero-order chi connectivity index (χ0) is 17.9. The average Bonchev–Trinajstić information content (AvgIpc) is 3.12. The number of benzene rings is 3. The molecule has 1 amide bonds. The maximum Gasteiger partial charge on any atom is 0.272 e. The van der Waals surface area contributed by atoms with Gasteiger partial charge >= 0.3 is 0 Å². The number of hydrogen-bond acceptors (Lipinski definition) is 2. The number of anilines is 1. The van der Waals surface area contributed by atoms with E-state index in [1.165, 1.54) is 0 Å². The normalized spacial score (nSPS) is 11.1. The fourth-order valence-corrected chi connectivity index (χ4v) is 3.18. The van der Waals surface area contributed by atoms with Gasteiger partial charge in [0.25, 0.3) is 5.91 Å². The molecule has 0 aliphatic rings. The standard InChI is InChI=1S/C22H20N2O2/c1-2-26-14-16-8-4-6-10-19(16)24-22(25)21-13-18-17-9-5-3-7-15(17)11-12-20(18)23-21/h3-13,23H,2,14H2,1H3,(H,24,25). The van der Waals surface area contributed by atoms with Crippen LogP contribution in [0, 0.1) is 0 Å². The van der Waals surface area contributed by atoms with Crippen molar-refractivity contribution in [3.63, 3.8) is 0 Å². The van der Waals surface area contributed by atoms with Crippen LogP contribution in [0.25, 0.3) is 21.7 Å². The monoisotopic (exact) mass is 344 g/mol. The molecule has 0 aliphatic heterocycles. The molecule has 1 aromatic heterocycles. The van der Waals surface area contributed by atoms with Crippen LogP contribution in [0.2, 0.25) is 0 Å². The van der Waals surface area contributed by atoms with Crippen molar-refractivity contribution in [1.29, 1.82) is 0 Å². The lowest BCUT2D eigenvalue weighted by molar-refractivity contribution is 0.102. The molecule has 4 nitrogen and oxygen atoms in total. The van der Waals surface area contributed by atoms with E-state index in [2.05, 4.69) is 28.5 Å². The Hall–Kier alpha value is -3.11. The lowest BCUT2D eigenvalue weighted by Gasteiger charge is -2.10. The minimum absolute atomic E-state index is 0.158. The van der Waals surface area contributed by atoms with Gasteiger partial charge in [-0.15, -0.1) is 0 Å². The summed E-state index contributed by atoms with van der Waals surface area (Å²) in [6.45, 7) is 3.07. The maximum absolute atomic E-state index is 12.8. The Morgan fingerprint density at radius 3 is 2.69 bits per heavy atom. The van der Waals surface area contributed by atoms with E-state index in [1.807, 2.05) is 55.5 Å². The maximum atomic E-state index is 12.8. The topological polar surface area (TPSA) is 54.1 Å². The Labute approximate surface area is 151 Å². The molecule has 0 spiro atoms. The molecule has 26 heavy (non-hydrogen) atoms. The Balaban J connectivity index is 1.66. The number of H-pyrrole nitrogens is 1. The van der Waals surface area contributed by atoms with Crippen LogP contribution < -0.4 is 5.32 Å². The van der Waals surface area contributed by atoms with Gasteiger partial charge in [-0.25, -0.2) is 0 Å². The van der Waals surface area contributed by atoms with E-state index in [1.54, 1.807) is 0 Å². The van der Waals surface area contributed by atoms with Gasteiger partial charge in [-0.05, 0) is 35.9 Å². The van der Waals surface area contributed by atoms with Crippen LogP contribution in [0.4, 0.5) is 5.69 Å². The van der Waals surface area contributed by atoms with E-state index in [4.69, 9.17) is 4.74 Å². The number of fused-ring (bicyclic) bond motifs is 3. The second-order valence-electron chi connectivity index (χ2n) is 6.18. The predicted molar refractivity (Wildman–Crippen MR) is 106 cm³/mol. The first-order chi connectivity index (χ1) is 12.8. The van der Waals surface area contributed by atoms with Crippen molar-refractivity contribution in [2.24, 2.45) is 0 Å². The largest absolute Gasteiger partial charge is 0.377 e. The molecule has 0 radical (unpaired) electrons. The first kappa shape index (κ1) is 16.4. The van der Waals surface area contributed by atoms with E-state index >= 15 is 0 Å². The van der Waals surface area contributed by atoms with Crippen molar-refractivity contribution < 1.29 is 9.53 Å². The molecule has 1 heterocycles. The Kier molecular flexibility index (Phi) is 4.42. The van der Waals surface area contributed by atoms with E-state index in [9.17, 15) is 4.79 Å². The zero-order valence-electron chi connectivity index (χ0n) is 14.6. The van der Waals surface area contributed by atoms with E-state index < -0.39 is 0 Å². The van der Waals surface area contributed by atoms with Crippen LogP contribution in [-0.2, 0) is 11.3 Å². The van der Waals surface area contributed by atoms with Gasteiger partial charge in [0.2, 0.25) is 0 Å². The number of ether oxygens (including phenoxy) is 1. The first-order valence-electron chi connectivity index (χ1n) is 8.73. The zero-order valence-corrected chi connectivity index (χ0v) is 14.6. The van der Waals surface area contributed by atoms with E-state index in [-0.39, 0.29) is 5.91 Å². The fourth-order valence-electron chi connectivity index (χ4n) is 3.18. The van der Waals surface area contributed by atoms with Gasteiger partial charge in [-0.3, -0.25) is 4.79 Å². The van der Waals surface area contributed by atoms with Gasteiger partial charge in [-0.1, -0.05) is 48.5 Å². The van der Waals surface area contributed by atoms with Gasteiger partial charge in [0.15, 0.2) is 0 Å². The van der Waals surface area contributed by atoms with Crippen LogP contribution in [0.15, 0.2) is 66.7 Å². The summed E-state index contributed by atoms with van der Waals surface area (Å²) >= 11 is 0. The fraction of sp³-hybridized carbons (Fsp3) is 0.136. The summed E-state index contributed by atoms with van der Waals surface area (Å²) in [5.41, 5.74) is 3.23. The molecule has 2 N–H and O–H groups in total. The molecule has 0 saturated carbocycles. The summed E-state index contributed by atoms with van der Waals surface area (Å²) in [5.74, 6) is -0.158. The smallest absolute Gasteiger partial charge is 0.272 e.